The van der Waals surface area contributed by atoms with Crippen molar-refractivity contribution in [3.63, 3.8) is 0 Å². The van der Waals surface area contributed by atoms with Gasteiger partial charge in [0, 0.05) is 5.38 Å². The Kier molecular flexibility index (Phi) is 4.54. The fourth-order valence-corrected chi connectivity index (χ4v) is 3.53. The number of thiazole rings is 1. The third-order valence-corrected chi connectivity index (χ3v) is 4.45. The van der Waals surface area contributed by atoms with Gasteiger partial charge >= 0.3 is 0 Å². The summed E-state index contributed by atoms with van der Waals surface area (Å²) in [6.45, 7) is 4.38. The maximum Gasteiger partial charge on any atom is 0.0898 e. The van der Waals surface area contributed by atoms with Gasteiger partial charge in [0.15, 0.2) is 0 Å². The van der Waals surface area contributed by atoms with Gasteiger partial charge in [-0.25, -0.2) is 4.98 Å². The van der Waals surface area contributed by atoms with Crippen LogP contribution in [0.2, 0.25) is 0 Å². The van der Waals surface area contributed by atoms with Gasteiger partial charge in [-0.15, -0.1) is 11.3 Å². The Balaban J connectivity index is 2.22. The number of aryl methyl sites for hydroxylation is 1. The SMILES string of the molecule is CNCC1CCCCN(C)C1c1csc(C)n1. The zero-order chi connectivity index (χ0) is 12.3. The highest BCUT2D eigenvalue weighted by Gasteiger charge is 2.30. The van der Waals surface area contributed by atoms with Crippen LogP contribution in [0.4, 0.5) is 0 Å². The molecular weight excluding hydrogens is 230 g/mol. The summed E-state index contributed by atoms with van der Waals surface area (Å²) in [6.07, 6.45) is 3.97. The van der Waals surface area contributed by atoms with Gasteiger partial charge < -0.3 is 5.32 Å². The molecule has 1 fully saturated rings. The molecule has 4 heteroatoms. The lowest BCUT2D eigenvalue weighted by Crippen LogP contribution is -2.34. The molecule has 2 unspecified atom stereocenters. The largest absolute Gasteiger partial charge is 0.319 e. The molecule has 0 radical (unpaired) electrons. The molecule has 0 aromatic carbocycles. The van der Waals surface area contributed by atoms with Crippen LogP contribution in [0.5, 0.6) is 0 Å². The van der Waals surface area contributed by atoms with Crippen molar-refractivity contribution in [2.75, 3.05) is 27.2 Å². The van der Waals surface area contributed by atoms with Gasteiger partial charge in [0.1, 0.15) is 0 Å². The normalized spacial score (nSPS) is 27.0. The molecule has 1 aliphatic heterocycles. The predicted molar refractivity (Wildman–Crippen MR) is 73.5 cm³/mol. The predicted octanol–water partition coefficient (Wildman–Crippen LogP) is 2.44. The van der Waals surface area contributed by atoms with Crippen LogP contribution in [0.15, 0.2) is 5.38 Å². The molecule has 0 spiro atoms. The zero-order valence-corrected chi connectivity index (χ0v) is 11.9. The first-order valence-electron chi connectivity index (χ1n) is 6.49. The molecule has 1 aliphatic rings. The van der Waals surface area contributed by atoms with E-state index >= 15 is 0 Å². The lowest BCUT2D eigenvalue weighted by atomic mass is 9.93. The second-order valence-electron chi connectivity index (χ2n) is 5.03. The van der Waals surface area contributed by atoms with E-state index in [-0.39, 0.29) is 0 Å². The molecule has 2 heterocycles. The summed E-state index contributed by atoms with van der Waals surface area (Å²) in [5, 5.41) is 6.76. The van der Waals surface area contributed by atoms with Crippen molar-refractivity contribution in [3.8, 4) is 0 Å². The third-order valence-electron chi connectivity index (χ3n) is 3.66. The molecule has 1 aromatic rings. The Morgan fingerprint density at radius 1 is 1.53 bits per heavy atom. The minimum Gasteiger partial charge on any atom is -0.319 e. The smallest absolute Gasteiger partial charge is 0.0898 e. The van der Waals surface area contributed by atoms with E-state index in [0.717, 1.165) is 6.54 Å². The molecule has 3 nitrogen and oxygen atoms in total. The molecule has 96 valence electrons. The van der Waals surface area contributed by atoms with E-state index < -0.39 is 0 Å². The molecule has 2 atom stereocenters. The summed E-state index contributed by atoms with van der Waals surface area (Å²) in [5.41, 5.74) is 1.28. The summed E-state index contributed by atoms with van der Waals surface area (Å²) in [7, 11) is 4.29. The van der Waals surface area contributed by atoms with Crippen LogP contribution in [-0.4, -0.2) is 37.1 Å². The van der Waals surface area contributed by atoms with Crippen LogP contribution < -0.4 is 5.32 Å². The van der Waals surface area contributed by atoms with Gasteiger partial charge in [0.25, 0.3) is 0 Å². The maximum atomic E-state index is 4.71. The summed E-state index contributed by atoms with van der Waals surface area (Å²) in [4.78, 5) is 7.20. The number of nitrogens with one attached hydrogen (secondary N) is 1. The highest BCUT2D eigenvalue weighted by molar-refractivity contribution is 7.09. The number of nitrogens with zero attached hydrogens (tertiary/aromatic N) is 2. The Bertz CT molecular complexity index is 350. The number of likely N-dealkylation sites (tertiary alicyclic amines) is 1. The summed E-state index contributed by atoms with van der Waals surface area (Å²) in [5.74, 6) is 0.689. The topological polar surface area (TPSA) is 28.2 Å². The van der Waals surface area contributed by atoms with Crippen LogP contribution in [0, 0.1) is 12.8 Å². The van der Waals surface area contributed by atoms with Crippen LogP contribution in [0.1, 0.15) is 36.0 Å². The van der Waals surface area contributed by atoms with E-state index in [9.17, 15) is 0 Å². The highest BCUT2D eigenvalue weighted by atomic mass is 32.1. The van der Waals surface area contributed by atoms with Gasteiger partial charge in [0.2, 0.25) is 0 Å². The van der Waals surface area contributed by atoms with Gasteiger partial charge in [-0.2, -0.15) is 0 Å². The minimum absolute atomic E-state index is 0.495. The summed E-state index contributed by atoms with van der Waals surface area (Å²) in [6, 6.07) is 0.495. The number of rotatable bonds is 3. The molecule has 0 bridgehead atoms. The van der Waals surface area contributed by atoms with E-state index in [1.54, 1.807) is 11.3 Å². The average Bonchev–Trinajstić information content (AvgIpc) is 2.62. The summed E-state index contributed by atoms with van der Waals surface area (Å²) < 4.78 is 0. The molecule has 1 N–H and O–H groups in total. The van der Waals surface area contributed by atoms with E-state index in [4.69, 9.17) is 4.98 Å². The second-order valence-corrected chi connectivity index (χ2v) is 6.09. The molecular formula is C13H23N3S. The molecule has 1 aromatic heterocycles. The van der Waals surface area contributed by atoms with Crippen LogP contribution in [0.25, 0.3) is 0 Å². The average molecular weight is 253 g/mol. The first-order valence-corrected chi connectivity index (χ1v) is 7.37. The lowest BCUT2D eigenvalue weighted by molar-refractivity contribution is 0.187. The van der Waals surface area contributed by atoms with Crippen molar-refractivity contribution >= 4 is 11.3 Å². The van der Waals surface area contributed by atoms with Crippen molar-refractivity contribution in [1.82, 2.24) is 15.2 Å². The highest BCUT2D eigenvalue weighted by Crippen LogP contribution is 2.34. The van der Waals surface area contributed by atoms with Crippen molar-refractivity contribution in [1.29, 1.82) is 0 Å². The number of hydrogen-bond acceptors (Lipinski definition) is 4. The van der Waals surface area contributed by atoms with Gasteiger partial charge in [0.05, 0.1) is 16.7 Å². The van der Waals surface area contributed by atoms with E-state index in [1.165, 1.54) is 36.5 Å². The molecule has 1 saturated heterocycles. The minimum atomic E-state index is 0.495. The van der Waals surface area contributed by atoms with Crippen molar-refractivity contribution in [2.45, 2.75) is 32.2 Å². The van der Waals surface area contributed by atoms with Crippen molar-refractivity contribution < 1.29 is 0 Å². The fourth-order valence-electron chi connectivity index (χ4n) is 2.88. The molecule has 0 amide bonds. The van der Waals surface area contributed by atoms with Crippen molar-refractivity contribution in [3.05, 3.63) is 16.1 Å². The Labute approximate surface area is 108 Å². The van der Waals surface area contributed by atoms with Crippen LogP contribution in [-0.2, 0) is 0 Å². The molecule has 0 aliphatic carbocycles. The number of hydrogen-bond donors (Lipinski definition) is 1. The van der Waals surface area contributed by atoms with E-state index in [1.807, 2.05) is 7.05 Å². The zero-order valence-electron chi connectivity index (χ0n) is 11.1. The fraction of sp³-hybridized carbons (Fsp3) is 0.769. The van der Waals surface area contributed by atoms with Gasteiger partial charge in [-0.05, 0) is 52.9 Å². The summed E-state index contributed by atoms with van der Waals surface area (Å²) >= 11 is 1.77. The molecule has 2 rings (SSSR count). The monoisotopic (exact) mass is 253 g/mol. The van der Waals surface area contributed by atoms with E-state index in [0.29, 0.717) is 12.0 Å². The maximum absolute atomic E-state index is 4.71. The first-order chi connectivity index (χ1) is 8.22. The quantitative estimate of drug-likeness (QED) is 0.897. The Morgan fingerprint density at radius 2 is 2.35 bits per heavy atom. The Hall–Kier alpha value is -0.450. The van der Waals surface area contributed by atoms with Crippen LogP contribution in [0.3, 0.4) is 0 Å². The Morgan fingerprint density at radius 3 is 3.00 bits per heavy atom. The van der Waals surface area contributed by atoms with Crippen LogP contribution >= 0.6 is 11.3 Å². The second kappa shape index (κ2) is 5.94. The molecule has 0 saturated carbocycles. The van der Waals surface area contributed by atoms with Crippen molar-refractivity contribution in [2.24, 2.45) is 5.92 Å². The standard InChI is InChI=1S/C13H23N3S/c1-10-15-12(9-17-10)13-11(8-14-2)6-4-5-7-16(13)3/h9,11,13-14H,4-8H2,1-3H3. The van der Waals surface area contributed by atoms with Gasteiger partial charge in [-0.1, -0.05) is 6.42 Å². The lowest BCUT2D eigenvalue weighted by Gasteiger charge is -2.31. The van der Waals surface area contributed by atoms with E-state index in [2.05, 4.69) is 29.6 Å². The molecule has 17 heavy (non-hydrogen) atoms. The first kappa shape index (κ1) is 13.0. The third kappa shape index (κ3) is 3.06. The number of aromatic nitrogens is 1. The van der Waals surface area contributed by atoms with Gasteiger partial charge in [-0.3, -0.25) is 4.90 Å².